The van der Waals surface area contributed by atoms with Crippen LogP contribution in [-0.4, -0.2) is 37.6 Å². The number of carbonyl (C=O) groups is 2. The second-order valence-corrected chi connectivity index (χ2v) is 7.72. The molecule has 0 bridgehead atoms. The third kappa shape index (κ3) is 7.07. The van der Waals surface area contributed by atoms with E-state index in [0.29, 0.717) is 29.6 Å². The number of anilines is 1. The van der Waals surface area contributed by atoms with E-state index < -0.39 is 12.1 Å². The zero-order valence-electron chi connectivity index (χ0n) is 16.3. The van der Waals surface area contributed by atoms with Crippen LogP contribution in [0.25, 0.3) is 0 Å². The Kier molecular flexibility index (Phi) is 7.90. The first-order valence-electron chi connectivity index (χ1n) is 9.95. The number of benzene rings is 2. The Morgan fingerprint density at radius 2 is 1.72 bits per heavy atom. The van der Waals surface area contributed by atoms with Gasteiger partial charge < -0.3 is 21.3 Å². The smallest absolute Gasteiger partial charge is 0.319 e. The molecule has 29 heavy (non-hydrogen) atoms. The Morgan fingerprint density at radius 1 is 1.03 bits per heavy atom. The number of hydrogen-bond donors (Lipinski definition) is 4. The lowest BCUT2D eigenvalue weighted by molar-refractivity contribution is -0.123. The number of nitrogens with one attached hydrogen (secondary N) is 4. The van der Waals surface area contributed by atoms with Crippen LogP contribution >= 0.6 is 11.6 Å². The van der Waals surface area contributed by atoms with Crippen LogP contribution in [0.2, 0.25) is 5.02 Å². The third-order valence-corrected chi connectivity index (χ3v) is 5.28. The van der Waals surface area contributed by atoms with Gasteiger partial charge in [-0.2, -0.15) is 0 Å². The molecule has 1 atom stereocenters. The van der Waals surface area contributed by atoms with Crippen LogP contribution in [0.4, 0.5) is 10.5 Å². The third-order valence-electron chi connectivity index (χ3n) is 5.03. The zero-order chi connectivity index (χ0) is 20.5. The van der Waals surface area contributed by atoms with Gasteiger partial charge in [0.25, 0.3) is 0 Å². The van der Waals surface area contributed by atoms with Gasteiger partial charge in [0.05, 0.1) is 0 Å². The molecule has 0 radical (unpaired) electrons. The van der Waals surface area contributed by atoms with Gasteiger partial charge in [-0.05, 0) is 61.7 Å². The van der Waals surface area contributed by atoms with Gasteiger partial charge in [0.15, 0.2) is 0 Å². The summed E-state index contributed by atoms with van der Waals surface area (Å²) in [4.78, 5) is 25.3. The number of amides is 3. The van der Waals surface area contributed by atoms with Crippen molar-refractivity contribution in [1.82, 2.24) is 16.0 Å². The molecule has 2 aromatic rings. The van der Waals surface area contributed by atoms with Crippen molar-refractivity contribution in [1.29, 1.82) is 0 Å². The maximum Gasteiger partial charge on any atom is 0.319 e. The topological polar surface area (TPSA) is 82.3 Å². The molecule has 1 fully saturated rings. The van der Waals surface area contributed by atoms with Crippen LogP contribution in [0.5, 0.6) is 0 Å². The molecule has 0 aliphatic carbocycles. The maximum atomic E-state index is 12.8. The van der Waals surface area contributed by atoms with Gasteiger partial charge in [-0.1, -0.05) is 41.9 Å². The quantitative estimate of drug-likeness (QED) is 0.561. The van der Waals surface area contributed by atoms with Gasteiger partial charge in [-0.15, -0.1) is 0 Å². The Bertz CT molecular complexity index is 792. The van der Waals surface area contributed by atoms with Crippen molar-refractivity contribution in [3.63, 3.8) is 0 Å². The van der Waals surface area contributed by atoms with Gasteiger partial charge in [-0.3, -0.25) is 4.79 Å². The van der Waals surface area contributed by atoms with Crippen LogP contribution in [-0.2, 0) is 11.2 Å². The summed E-state index contributed by atoms with van der Waals surface area (Å²) in [6, 6.07) is 15.4. The molecule has 1 aliphatic heterocycles. The summed E-state index contributed by atoms with van der Waals surface area (Å²) in [6.45, 7) is 2.59. The zero-order valence-corrected chi connectivity index (χ0v) is 17.0. The van der Waals surface area contributed by atoms with Crippen LogP contribution in [0.1, 0.15) is 18.4 Å². The molecule has 0 spiro atoms. The van der Waals surface area contributed by atoms with Gasteiger partial charge in [0, 0.05) is 23.7 Å². The summed E-state index contributed by atoms with van der Waals surface area (Å²) in [6.07, 6.45) is 2.52. The molecular formula is C22H27ClN4O2. The van der Waals surface area contributed by atoms with Crippen molar-refractivity contribution in [2.45, 2.75) is 25.3 Å². The summed E-state index contributed by atoms with van der Waals surface area (Å²) >= 11 is 5.88. The second-order valence-electron chi connectivity index (χ2n) is 7.29. The summed E-state index contributed by atoms with van der Waals surface area (Å²) in [5.41, 5.74) is 1.60. The van der Waals surface area contributed by atoms with Crippen molar-refractivity contribution in [3.8, 4) is 0 Å². The lowest BCUT2D eigenvalue weighted by atomic mass is 9.98. The van der Waals surface area contributed by atoms with Gasteiger partial charge in [0.1, 0.15) is 6.04 Å². The van der Waals surface area contributed by atoms with Crippen molar-refractivity contribution < 1.29 is 9.59 Å². The number of rotatable bonds is 7. The molecule has 1 aliphatic rings. The largest absolute Gasteiger partial charge is 0.354 e. The molecule has 4 N–H and O–H groups in total. The van der Waals surface area contributed by atoms with Gasteiger partial charge >= 0.3 is 6.03 Å². The minimum Gasteiger partial charge on any atom is -0.354 e. The van der Waals surface area contributed by atoms with Crippen LogP contribution in [0.3, 0.4) is 0 Å². The predicted octanol–water partition coefficient (Wildman–Crippen LogP) is 3.19. The molecule has 2 aromatic carbocycles. The van der Waals surface area contributed by atoms with E-state index in [1.165, 1.54) is 0 Å². The summed E-state index contributed by atoms with van der Waals surface area (Å²) < 4.78 is 0. The van der Waals surface area contributed by atoms with E-state index in [4.69, 9.17) is 11.6 Å². The molecule has 7 heteroatoms. The first-order chi connectivity index (χ1) is 14.1. The number of piperidine rings is 1. The molecular weight excluding hydrogens is 388 g/mol. The first-order valence-corrected chi connectivity index (χ1v) is 10.3. The monoisotopic (exact) mass is 414 g/mol. The van der Waals surface area contributed by atoms with E-state index >= 15 is 0 Å². The molecule has 154 valence electrons. The molecule has 0 aromatic heterocycles. The van der Waals surface area contributed by atoms with Gasteiger partial charge in [0.2, 0.25) is 5.91 Å². The predicted molar refractivity (Wildman–Crippen MR) is 116 cm³/mol. The van der Waals surface area contributed by atoms with Crippen molar-refractivity contribution in [2.75, 3.05) is 25.0 Å². The Balaban J connectivity index is 1.60. The Morgan fingerprint density at radius 3 is 2.41 bits per heavy atom. The minimum absolute atomic E-state index is 0.168. The van der Waals surface area contributed by atoms with E-state index in [1.54, 1.807) is 24.3 Å². The average Bonchev–Trinajstić information content (AvgIpc) is 2.74. The van der Waals surface area contributed by atoms with E-state index in [1.807, 2.05) is 30.3 Å². The van der Waals surface area contributed by atoms with Crippen molar-refractivity contribution in [3.05, 3.63) is 65.2 Å². The Hall–Kier alpha value is -2.57. The number of halogens is 1. The van der Waals surface area contributed by atoms with E-state index in [2.05, 4.69) is 21.3 Å². The van der Waals surface area contributed by atoms with Crippen LogP contribution < -0.4 is 21.3 Å². The highest BCUT2D eigenvalue weighted by Gasteiger charge is 2.23. The number of hydrogen-bond acceptors (Lipinski definition) is 3. The van der Waals surface area contributed by atoms with Gasteiger partial charge in [-0.25, -0.2) is 4.79 Å². The number of carbonyl (C=O) groups excluding carboxylic acids is 2. The van der Waals surface area contributed by atoms with Crippen LogP contribution in [0.15, 0.2) is 54.6 Å². The highest BCUT2D eigenvalue weighted by Crippen LogP contribution is 2.14. The number of urea groups is 1. The maximum absolute atomic E-state index is 12.8. The van der Waals surface area contributed by atoms with Crippen molar-refractivity contribution in [2.24, 2.45) is 5.92 Å². The minimum atomic E-state index is -0.661. The molecule has 1 heterocycles. The van der Waals surface area contributed by atoms with Crippen molar-refractivity contribution >= 4 is 29.2 Å². The fraction of sp³-hybridized carbons (Fsp3) is 0.364. The summed E-state index contributed by atoms with van der Waals surface area (Å²) in [5, 5.41) is 12.5. The SMILES string of the molecule is O=C(Nc1ccc(Cl)cc1)NC(Cc1ccccc1)C(=O)NCC1CCNCC1. The summed E-state index contributed by atoms with van der Waals surface area (Å²) in [5.74, 6) is 0.305. The Labute approximate surface area is 176 Å². The average molecular weight is 415 g/mol. The van der Waals surface area contributed by atoms with E-state index in [9.17, 15) is 9.59 Å². The first kappa shape index (κ1) is 21.1. The fourth-order valence-electron chi connectivity index (χ4n) is 3.37. The lowest BCUT2D eigenvalue weighted by Crippen LogP contribution is -2.50. The molecule has 1 unspecified atom stereocenters. The lowest BCUT2D eigenvalue weighted by Gasteiger charge is -2.24. The molecule has 1 saturated heterocycles. The molecule has 0 saturated carbocycles. The van der Waals surface area contributed by atoms with E-state index in [-0.39, 0.29) is 5.91 Å². The normalized spacial score (nSPS) is 15.3. The van der Waals surface area contributed by atoms with Crippen LogP contribution in [0, 0.1) is 5.92 Å². The standard InChI is InChI=1S/C22H27ClN4O2/c23-18-6-8-19(9-7-18)26-22(29)27-20(14-16-4-2-1-3-5-16)21(28)25-15-17-10-12-24-13-11-17/h1-9,17,20,24H,10-15H2,(H,25,28)(H2,26,27,29). The molecule has 3 rings (SSSR count). The highest BCUT2D eigenvalue weighted by atomic mass is 35.5. The summed E-state index contributed by atoms with van der Waals surface area (Å²) in [7, 11) is 0. The molecule has 6 nitrogen and oxygen atoms in total. The molecule has 3 amide bonds. The fourth-order valence-corrected chi connectivity index (χ4v) is 3.50. The van der Waals surface area contributed by atoms with E-state index in [0.717, 1.165) is 31.5 Å². The highest BCUT2D eigenvalue weighted by molar-refractivity contribution is 6.30. The second kappa shape index (κ2) is 10.8.